The summed E-state index contributed by atoms with van der Waals surface area (Å²) in [5.74, 6) is 5.32. The molecule has 1 aromatic carbocycles. The molecule has 4 aromatic rings. The third-order valence-corrected chi connectivity index (χ3v) is 5.07. The van der Waals surface area contributed by atoms with Crippen molar-refractivity contribution in [1.82, 2.24) is 14.5 Å². The topological polar surface area (TPSA) is 83.9 Å². The number of benzene rings is 1. The first-order valence-electron chi connectivity index (χ1n) is 10.6. The number of hydrogen-bond acceptors (Lipinski definition) is 5. The van der Waals surface area contributed by atoms with Crippen LogP contribution >= 0.6 is 0 Å². The monoisotopic (exact) mass is 478 g/mol. The Morgan fingerprint density at radius 1 is 1.09 bits per heavy atom. The number of carbonyl (C=O) groups is 1. The van der Waals surface area contributed by atoms with E-state index in [9.17, 15) is 18.0 Å². The van der Waals surface area contributed by atoms with E-state index in [0.717, 1.165) is 5.69 Å². The molecular formula is C25H21F3N6O. The number of aromatic nitrogens is 3. The van der Waals surface area contributed by atoms with Gasteiger partial charge in [0.1, 0.15) is 12.2 Å². The number of rotatable bonds is 6. The van der Waals surface area contributed by atoms with Gasteiger partial charge in [-0.25, -0.2) is 4.98 Å². The number of anilines is 3. The average Bonchev–Trinajstić information content (AvgIpc) is 3.18. The van der Waals surface area contributed by atoms with Gasteiger partial charge in [-0.2, -0.15) is 13.2 Å². The van der Waals surface area contributed by atoms with Gasteiger partial charge < -0.3 is 20.5 Å². The lowest BCUT2D eigenvalue weighted by molar-refractivity contribution is -0.140. The lowest BCUT2D eigenvalue weighted by Gasteiger charge is -2.11. The molecule has 0 radical (unpaired) electrons. The first kappa shape index (κ1) is 23.6. The average molecular weight is 478 g/mol. The summed E-state index contributed by atoms with van der Waals surface area (Å²) in [7, 11) is 1.72. The molecule has 0 fully saturated rings. The van der Waals surface area contributed by atoms with Gasteiger partial charge >= 0.3 is 6.18 Å². The van der Waals surface area contributed by atoms with E-state index in [1.165, 1.54) is 17.0 Å². The number of fused-ring (bicyclic) bond motifs is 1. The van der Waals surface area contributed by atoms with Crippen molar-refractivity contribution < 1.29 is 18.0 Å². The molecule has 1 amide bonds. The minimum absolute atomic E-state index is 0.176. The van der Waals surface area contributed by atoms with E-state index in [0.29, 0.717) is 22.3 Å². The maximum atomic E-state index is 13.2. The van der Waals surface area contributed by atoms with E-state index in [1.54, 1.807) is 61.8 Å². The number of pyridine rings is 2. The Hall–Kier alpha value is -4.52. The van der Waals surface area contributed by atoms with Crippen molar-refractivity contribution in [3.63, 3.8) is 0 Å². The number of hydrogen-bond donors (Lipinski definition) is 3. The minimum atomic E-state index is -4.38. The van der Waals surface area contributed by atoms with Crippen LogP contribution in [0.5, 0.6) is 0 Å². The smallest absolute Gasteiger partial charge is 0.388 e. The fraction of sp³-hybridized carbons (Fsp3) is 0.160. The Kier molecular flexibility index (Phi) is 6.87. The van der Waals surface area contributed by atoms with Crippen LogP contribution < -0.4 is 16.0 Å². The second-order valence-corrected chi connectivity index (χ2v) is 7.50. The Morgan fingerprint density at radius 2 is 1.94 bits per heavy atom. The van der Waals surface area contributed by atoms with E-state index in [4.69, 9.17) is 0 Å². The molecule has 0 spiro atoms. The van der Waals surface area contributed by atoms with E-state index in [1.807, 2.05) is 0 Å². The summed E-state index contributed by atoms with van der Waals surface area (Å²) in [4.78, 5) is 20.3. The van der Waals surface area contributed by atoms with Gasteiger partial charge in [0.2, 0.25) is 0 Å². The molecule has 4 rings (SSSR count). The van der Waals surface area contributed by atoms with Crippen molar-refractivity contribution in [2.24, 2.45) is 0 Å². The zero-order chi connectivity index (χ0) is 24.8. The van der Waals surface area contributed by atoms with Crippen LogP contribution in [-0.2, 0) is 6.54 Å². The standard InChI is InChI=1S/C25H21F3N6O/c1-29-21-7-2-8-23-20(21)13-19(34(23)16-25(26,27)28)6-4-12-31-17-9-10-22(32-15-17)24(35)33-18-5-3-11-30-14-18/h2-3,5,7-11,13-15,29,31H,12,16H2,1H3,(H,33,35). The molecule has 10 heteroatoms. The molecule has 3 heterocycles. The van der Waals surface area contributed by atoms with Gasteiger partial charge in [0, 0.05) is 24.3 Å². The van der Waals surface area contributed by atoms with E-state index in [-0.39, 0.29) is 23.8 Å². The van der Waals surface area contributed by atoms with Crippen LogP contribution in [0, 0.1) is 11.8 Å². The van der Waals surface area contributed by atoms with Crippen LogP contribution in [0.2, 0.25) is 0 Å². The third-order valence-electron chi connectivity index (χ3n) is 5.07. The number of halogens is 3. The summed E-state index contributed by atoms with van der Waals surface area (Å²) < 4.78 is 40.8. The van der Waals surface area contributed by atoms with E-state index < -0.39 is 12.7 Å². The second kappa shape index (κ2) is 10.2. The first-order valence-corrected chi connectivity index (χ1v) is 10.6. The van der Waals surface area contributed by atoms with Gasteiger partial charge in [-0.15, -0.1) is 0 Å². The molecule has 3 aromatic heterocycles. The fourth-order valence-electron chi connectivity index (χ4n) is 3.50. The Morgan fingerprint density at radius 3 is 2.63 bits per heavy atom. The number of carbonyl (C=O) groups excluding carboxylic acids is 1. The molecule has 0 aliphatic carbocycles. The summed E-state index contributed by atoms with van der Waals surface area (Å²) in [6.07, 6.45) is 0.236. The maximum absolute atomic E-state index is 13.2. The first-order chi connectivity index (χ1) is 16.8. The number of amides is 1. The largest absolute Gasteiger partial charge is 0.406 e. The Balaban J connectivity index is 1.45. The van der Waals surface area contributed by atoms with Gasteiger partial charge in [0.25, 0.3) is 5.91 Å². The summed E-state index contributed by atoms with van der Waals surface area (Å²) in [6, 6.07) is 13.4. The third kappa shape index (κ3) is 5.89. The Labute approximate surface area is 199 Å². The molecule has 0 aliphatic heterocycles. The molecule has 0 bridgehead atoms. The number of alkyl halides is 3. The van der Waals surface area contributed by atoms with E-state index in [2.05, 4.69) is 37.8 Å². The highest BCUT2D eigenvalue weighted by molar-refractivity contribution is 6.02. The zero-order valence-electron chi connectivity index (χ0n) is 18.6. The SMILES string of the molecule is CNc1cccc2c1cc(C#CCNc1ccc(C(=O)Nc3cccnc3)nc1)n2CC(F)(F)F. The van der Waals surface area contributed by atoms with Crippen molar-refractivity contribution >= 4 is 33.9 Å². The van der Waals surface area contributed by atoms with E-state index >= 15 is 0 Å². The summed E-state index contributed by atoms with van der Waals surface area (Å²) in [5.41, 5.74) is 2.84. The van der Waals surface area contributed by atoms with Crippen LogP contribution in [0.4, 0.5) is 30.2 Å². The molecular weight excluding hydrogens is 457 g/mol. The highest BCUT2D eigenvalue weighted by atomic mass is 19.4. The molecule has 0 unspecified atom stereocenters. The summed E-state index contributed by atoms with van der Waals surface area (Å²) in [5, 5.41) is 9.39. The van der Waals surface area contributed by atoms with Gasteiger partial charge in [0.15, 0.2) is 0 Å². The number of nitrogens with zero attached hydrogens (tertiary/aromatic N) is 3. The quantitative estimate of drug-likeness (QED) is 0.349. The Bertz CT molecular complexity index is 1390. The molecule has 0 saturated heterocycles. The predicted molar refractivity (Wildman–Crippen MR) is 129 cm³/mol. The van der Waals surface area contributed by atoms with Crippen molar-refractivity contribution in [3.05, 3.63) is 78.5 Å². The number of nitrogens with one attached hydrogen (secondary N) is 3. The van der Waals surface area contributed by atoms with Crippen molar-refractivity contribution in [2.45, 2.75) is 12.7 Å². The van der Waals surface area contributed by atoms with Crippen LogP contribution in [0.3, 0.4) is 0 Å². The van der Waals surface area contributed by atoms with Crippen LogP contribution in [0.1, 0.15) is 16.2 Å². The molecule has 0 saturated carbocycles. The highest BCUT2D eigenvalue weighted by Gasteiger charge is 2.29. The van der Waals surface area contributed by atoms with Gasteiger partial charge in [-0.3, -0.25) is 9.78 Å². The molecule has 178 valence electrons. The van der Waals surface area contributed by atoms with Crippen LogP contribution in [-0.4, -0.2) is 40.2 Å². The van der Waals surface area contributed by atoms with Gasteiger partial charge in [-0.1, -0.05) is 12.0 Å². The molecule has 0 atom stereocenters. The molecule has 35 heavy (non-hydrogen) atoms. The molecule has 3 N–H and O–H groups in total. The maximum Gasteiger partial charge on any atom is 0.406 e. The van der Waals surface area contributed by atoms with Crippen molar-refractivity contribution in [1.29, 1.82) is 0 Å². The van der Waals surface area contributed by atoms with Crippen LogP contribution in [0.15, 0.2) is 67.1 Å². The van der Waals surface area contributed by atoms with Gasteiger partial charge in [0.05, 0.1) is 41.5 Å². The lowest BCUT2D eigenvalue weighted by atomic mass is 10.2. The lowest BCUT2D eigenvalue weighted by Crippen LogP contribution is -2.18. The molecule has 7 nitrogen and oxygen atoms in total. The second-order valence-electron chi connectivity index (χ2n) is 7.50. The van der Waals surface area contributed by atoms with Crippen LogP contribution in [0.25, 0.3) is 10.9 Å². The van der Waals surface area contributed by atoms with Crippen molar-refractivity contribution in [2.75, 3.05) is 29.5 Å². The normalized spacial score (nSPS) is 11.0. The predicted octanol–water partition coefficient (Wildman–Crippen LogP) is 4.75. The zero-order valence-corrected chi connectivity index (χ0v) is 18.6. The summed E-state index contributed by atoms with van der Waals surface area (Å²) >= 11 is 0. The minimum Gasteiger partial charge on any atom is -0.388 e. The fourth-order valence-corrected chi connectivity index (χ4v) is 3.50. The summed E-state index contributed by atoms with van der Waals surface area (Å²) in [6.45, 7) is -0.955. The van der Waals surface area contributed by atoms with Crippen molar-refractivity contribution in [3.8, 4) is 11.8 Å². The highest BCUT2D eigenvalue weighted by Crippen LogP contribution is 2.29. The molecule has 0 aliphatic rings. The van der Waals surface area contributed by atoms with Gasteiger partial charge in [-0.05, 0) is 48.4 Å².